The van der Waals surface area contributed by atoms with E-state index in [-0.39, 0.29) is 12.5 Å². The van der Waals surface area contributed by atoms with E-state index in [4.69, 9.17) is 16.3 Å². The van der Waals surface area contributed by atoms with Crippen molar-refractivity contribution in [2.75, 3.05) is 26.3 Å². The van der Waals surface area contributed by atoms with E-state index >= 15 is 0 Å². The fourth-order valence-corrected chi connectivity index (χ4v) is 3.99. The molecule has 2 aliphatic heterocycles. The number of ether oxygens (including phenoxy) is 1. The van der Waals surface area contributed by atoms with E-state index in [9.17, 15) is 14.7 Å². The molecule has 24 heavy (non-hydrogen) atoms. The van der Waals surface area contributed by atoms with E-state index < -0.39 is 17.3 Å². The van der Waals surface area contributed by atoms with E-state index in [0.717, 1.165) is 12.0 Å². The van der Waals surface area contributed by atoms with Gasteiger partial charge in [0.05, 0.1) is 11.3 Å². The zero-order chi connectivity index (χ0) is 17.2. The molecule has 0 spiro atoms. The molecule has 0 unspecified atom stereocenters. The summed E-state index contributed by atoms with van der Waals surface area (Å²) >= 11 is 6.15. The molecule has 1 aromatic carbocycles. The van der Waals surface area contributed by atoms with Crippen molar-refractivity contribution < 1.29 is 19.4 Å². The van der Waals surface area contributed by atoms with E-state index in [1.54, 1.807) is 11.0 Å². The molecule has 0 radical (unpaired) electrons. The summed E-state index contributed by atoms with van der Waals surface area (Å²) in [5.74, 6) is -1.28. The Bertz CT molecular complexity index is 627. The number of likely N-dealkylation sites (tertiary alicyclic amines) is 1. The minimum atomic E-state index is -0.823. The molecule has 2 heterocycles. The number of carbonyl (C=O) groups excluding carboxylic acids is 1. The number of benzene rings is 1. The molecule has 0 saturated carbocycles. The number of carboxylic acid groups (broad SMARTS) is 1. The van der Waals surface area contributed by atoms with Gasteiger partial charge in [-0.05, 0) is 43.4 Å². The molecule has 2 aliphatic rings. The van der Waals surface area contributed by atoms with E-state index in [2.05, 4.69) is 0 Å². The lowest BCUT2D eigenvalue weighted by atomic mass is 9.72. The Morgan fingerprint density at radius 3 is 2.71 bits per heavy atom. The molecule has 5 nitrogen and oxygen atoms in total. The number of nitrogens with zero attached hydrogens (tertiary/aromatic N) is 1. The van der Waals surface area contributed by atoms with Gasteiger partial charge in [-0.25, -0.2) is 0 Å². The topological polar surface area (TPSA) is 66.8 Å². The van der Waals surface area contributed by atoms with Crippen LogP contribution in [0.15, 0.2) is 24.3 Å². The van der Waals surface area contributed by atoms with Gasteiger partial charge in [-0.3, -0.25) is 9.59 Å². The maximum absolute atomic E-state index is 13.4. The summed E-state index contributed by atoms with van der Waals surface area (Å²) in [7, 11) is 0. The van der Waals surface area contributed by atoms with Gasteiger partial charge in [0.15, 0.2) is 0 Å². The van der Waals surface area contributed by atoms with Crippen LogP contribution in [0.25, 0.3) is 0 Å². The zero-order valence-corrected chi connectivity index (χ0v) is 14.3. The van der Waals surface area contributed by atoms with Gasteiger partial charge >= 0.3 is 5.97 Å². The van der Waals surface area contributed by atoms with Crippen molar-refractivity contribution in [1.82, 2.24) is 4.90 Å². The number of hydrogen-bond donors (Lipinski definition) is 1. The Hall–Kier alpha value is -1.59. The molecule has 130 valence electrons. The van der Waals surface area contributed by atoms with Gasteiger partial charge in [0, 0.05) is 31.3 Å². The highest BCUT2D eigenvalue weighted by Gasteiger charge is 2.45. The largest absolute Gasteiger partial charge is 0.481 e. The third-order valence-corrected chi connectivity index (χ3v) is 5.43. The number of amides is 1. The van der Waals surface area contributed by atoms with Crippen LogP contribution in [-0.4, -0.2) is 48.2 Å². The molecule has 2 saturated heterocycles. The Morgan fingerprint density at radius 2 is 2.04 bits per heavy atom. The highest BCUT2D eigenvalue weighted by molar-refractivity contribution is 6.30. The highest BCUT2D eigenvalue weighted by Crippen LogP contribution is 2.38. The first kappa shape index (κ1) is 17.2. The molecule has 2 fully saturated rings. The van der Waals surface area contributed by atoms with Gasteiger partial charge in [-0.2, -0.15) is 0 Å². The Kier molecular flexibility index (Phi) is 5.11. The molecule has 6 heteroatoms. The Balaban J connectivity index is 1.91. The van der Waals surface area contributed by atoms with Crippen LogP contribution in [0.5, 0.6) is 0 Å². The van der Waals surface area contributed by atoms with Gasteiger partial charge in [0.25, 0.3) is 0 Å². The van der Waals surface area contributed by atoms with Crippen molar-refractivity contribution in [3.8, 4) is 0 Å². The predicted octanol–water partition coefficient (Wildman–Crippen LogP) is 2.71. The first-order chi connectivity index (χ1) is 11.5. The van der Waals surface area contributed by atoms with Gasteiger partial charge in [0.1, 0.15) is 0 Å². The molecular formula is C18H22ClNO4. The quantitative estimate of drug-likeness (QED) is 0.909. The van der Waals surface area contributed by atoms with Gasteiger partial charge in [-0.15, -0.1) is 0 Å². The van der Waals surface area contributed by atoms with Crippen LogP contribution in [0, 0.1) is 5.92 Å². The number of hydrogen-bond acceptors (Lipinski definition) is 3. The van der Waals surface area contributed by atoms with Crippen LogP contribution in [-0.2, 0) is 19.7 Å². The van der Waals surface area contributed by atoms with E-state index in [0.29, 0.717) is 44.0 Å². The third kappa shape index (κ3) is 3.28. The molecule has 3 rings (SSSR count). The highest BCUT2D eigenvalue weighted by atomic mass is 35.5. The SMILES string of the molecule is O=C(O)[C@@H]1CCCN(C(=O)C2(c3cccc(Cl)c3)CCOCC2)C1. The summed E-state index contributed by atoms with van der Waals surface area (Å²) in [5.41, 5.74) is 0.240. The molecule has 0 aromatic heterocycles. The fourth-order valence-electron chi connectivity index (χ4n) is 3.80. The van der Waals surface area contributed by atoms with Crippen molar-refractivity contribution in [2.24, 2.45) is 5.92 Å². The summed E-state index contributed by atoms with van der Waals surface area (Å²) in [6.07, 6.45) is 2.55. The van der Waals surface area contributed by atoms with Crippen molar-refractivity contribution >= 4 is 23.5 Å². The maximum Gasteiger partial charge on any atom is 0.308 e. The predicted molar refractivity (Wildman–Crippen MR) is 90.1 cm³/mol. The molecule has 1 aromatic rings. The second-order valence-corrected chi connectivity index (χ2v) is 7.07. The second kappa shape index (κ2) is 7.11. The average molecular weight is 352 g/mol. The number of halogens is 1. The van der Waals surface area contributed by atoms with Crippen molar-refractivity contribution in [1.29, 1.82) is 0 Å². The van der Waals surface area contributed by atoms with Crippen LogP contribution < -0.4 is 0 Å². The van der Waals surface area contributed by atoms with Crippen LogP contribution in [0.3, 0.4) is 0 Å². The van der Waals surface area contributed by atoms with Crippen LogP contribution >= 0.6 is 11.6 Å². The van der Waals surface area contributed by atoms with Crippen molar-refractivity contribution in [2.45, 2.75) is 31.1 Å². The lowest BCUT2D eigenvalue weighted by Crippen LogP contribution is -2.53. The first-order valence-corrected chi connectivity index (χ1v) is 8.77. The Labute approximate surface area is 146 Å². The molecule has 1 N–H and O–H groups in total. The van der Waals surface area contributed by atoms with Crippen LogP contribution in [0.1, 0.15) is 31.2 Å². The zero-order valence-electron chi connectivity index (χ0n) is 13.5. The number of carbonyl (C=O) groups is 2. The minimum absolute atomic E-state index is 0.0130. The average Bonchev–Trinajstić information content (AvgIpc) is 2.61. The minimum Gasteiger partial charge on any atom is -0.481 e. The van der Waals surface area contributed by atoms with Crippen molar-refractivity contribution in [3.05, 3.63) is 34.9 Å². The molecular weight excluding hydrogens is 330 g/mol. The second-order valence-electron chi connectivity index (χ2n) is 6.63. The van der Waals surface area contributed by atoms with E-state index in [1.165, 1.54) is 0 Å². The third-order valence-electron chi connectivity index (χ3n) is 5.19. The first-order valence-electron chi connectivity index (χ1n) is 8.39. The molecule has 0 bridgehead atoms. The van der Waals surface area contributed by atoms with E-state index in [1.807, 2.05) is 18.2 Å². The molecule has 1 amide bonds. The lowest BCUT2D eigenvalue weighted by molar-refractivity contribution is -0.149. The van der Waals surface area contributed by atoms with Crippen molar-refractivity contribution in [3.63, 3.8) is 0 Å². The monoisotopic (exact) mass is 351 g/mol. The van der Waals surface area contributed by atoms with Crippen LogP contribution in [0.4, 0.5) is 0 Å². The number of rotatable bonds is 3. The number of carboxylic acids is 1. The summed E-state index contributed by atoms with van der Waals surface area (Å²) in [6.45, 7) is 1.95. The fraction of sp³-hybridized carbons (Fsp3) is 0.556. The summed E-state index contributed by atoms with van der Waals surface area (Å²) in [5, 5.41) is 9.90. The standard InChI is InChI=1S/C18H22ClNO4/c19-15-5-1-4-14(11-15)18(6-9-24-10-7-18)17(23)20-8-2-3-13(12-20)16(21)22/h1,4-5,11,13H,2-3,6-10,12H2,(H,21,22)/t13-/m1/s1. The molecule has 1 atom stereocenters. The summed E-state index contributed by atoms with van der Waals surface area (Å²) < 4.78 is 5.48. The summed E-state index contributed by atoms with van der Waals surface area (Å²) in [6, 6.07) is 7.44. The van der Waals surface area contributed by atoms with Gasteiger partial charge in [0.2, 0.25) is 5.91 Å². The summed E-state index contributed by atoms with van der Waals surface area (Å²) in [4.78, 5) is 26.4. The smallest absolute Gasteiger partial charge is 0.308 e. The van der Waals surface area contributed by atoms with Gasteiger partial charge in [-0.1, -0.05) is 23.7 Å². The van der Waals surface area contributed by atoms with Gasteiger partial charge < -0.3 is 14.7 Å². The maximum atomic E-state index is 13.4. The Morgan fingerprint density at radius 1 is 1.29 bits per heavy atom. The lowest BCUT2D eigenvalue weighted by Gasteiger charge is -2.42. The number of piperidine rings is 1. The normalized spacial score (nSPS) is 23.7. The molecule has 0 aliphatic carbocycles. The number of aliphatic carboxylic acids is 1. The van der Waals surface area contributed by atoms with Crippen LogP contribution in [0.2, 0.25) is 5.02 Å².